The van der Waals surface area contributed by atoms with Crippen LogP contribution in [0.5, 0.6) is 0 Å². The van der Waals surface area contributed by atoms with Gasteiger partial charge in [0.15, 0.2) is 0 Å². The molecule has 0 atom stereocenters. The van der Waals surface area contributed by atoms with Crippen LogP contribution in [-0.2, 0) is 4.79 Å². The van der Waals surface area contributed by atoms with Gasteiger partial charge in [-0.25, -0.2) is 0 Å². The highest BCUT2D eigenvalue weighted by molar-refractivity contribution is 5.73. The summed E-state index contributed by atoms with van der Waals surface area (Å²) in [6.45, 7) is 3.63. The second kappa shape index (κ2) is 2.12. The van der Waals surface area contributed by atoms with Crippen LogP contribution in [0.25, 0.3) is 0 Å². The first kappa shape index (κ1) is 5.54. The summed E-state index contributed by atoms with van der Waals surface area (Å²) in [5.41, 5.74) is 0.788. The molecule has 1 aliphatic rings. The van der Waals surface area contributed by atoms with Gasteiger partial charge in [0.2, 0.25) is 0 Å². The summed E-state index contributed by atoms with van der Waals surface area (Å²) in [6.07, 6.45) is 4.51. The molecule has 0 saturated heterocycles. The fourth-order valence-electron chi connectivity index (χ4n) is 0.875. The van der Waals surface area contributed by atoms with Gasteiger partial charge in [-0.1, -0.05) is 13.0 Å². The van der Waals surface area contributed by atoms with Crippen LogP contribution in [0.15, 0.2) is 12.2 Å². The lowest BCUT2D eigenvalue weighted by molar-refractivity contribution is -0.105. The molecule has 1 rings (SSSR count). The molecule has 44 valence electrons. The van der Waals surface area contributed by atoms with E-state index in [2.05, 4.69) is 6.58 Å². The van der Waals surface area contributed by atoms with Gasteiger partial charge >= 0.3 is 0 Å². The van der Waals surface area contributed by atoms with E-state index in [4.69, 9.17) is 0 Å². The fourth-order valence-corrected chi connectivity index (χ4v) is 0.875. The normalized spacial score (nSPS) is 19.5. The molecule has 0 N–H and O–H groups in total. The van der Waals surface area contributed by atoms with Crippen molar-refractivity contribution in [3.63, 3.8) is 0 Å². The van der Waals surface area contributed by atoms with Gasteiger partial charge < -0.3 is 0 Å². The number of carbonyl (C=O) groups is 1. The zero-order valence-corrected chi connectivity index (χ0v) is 4.89. The van der Waals surface area contributed by atoms with E-state index in [1.54, 1.807) is 0 Å². The first-order chi connectivity index (χ1) is 3.84. The Hall–Kier alpha value is -0.590. The molecule has 0 aliphatic heterocycles. The molecule has 1 heteroatoms. The molecule has 0 spiro atoms. The summed E-state index contributed by atoms with van der Waals surface area (Å²) < 4.78 is 0. The highest BCUT2D eigenvalue weighted by Gasteiger charge is 2.19. The summed E-state index contributed by atoms with van der Waals surface area (Å²) in [7, 11) is 0. The average molecular weight is 110 g/mol. The third-order valence-corrected chi connectivity index (χ3v) is 1.78. The number of hydrogen-bond donors (Lipinski definition) is 0. The van der Waals surface area contributed by atoms with Crippen molar-refractivity contribution < 1.29 is 4.79 Å². The van der Waals surface area contributed by atoms with Gasteiger partial charge in [0.25, 0.3) is 0 Å². The summed E-state index contributed by atoms with van der Waals surface area (Å²) in [5, 5.41) is 0. The van der Waals surface area contributed by atoms with Crippen LogP contribution >= 0.6 is 0 Å². The first-order valence-corrected chi connectivity index (χ1v) is 2.98. The van der Waals surface area contributed by atoms with E-state index >= 15 is 0 Å². The number of hydrogen-bond acceptors (Lipinski definition) is 1. The van der Waals surface area contributed by atoms with Gasteiger partial charge in [-0.2, -0.15) is 0 Å². The van der Waals surface area contributed by atoms with Gasteiger partial charge in [0.05, 0.1) is 0 Å². The van der Waals surface area contributed by atoms with E-state index < -0.39 is 0 Å². The quantitative estimate of drug-likeness (QED) is 0.389. The Morgan fingerprint density at radius 1 is 1.62 bits per heavy atom. The number of aldehydes is 1. The Labute approximate surface area is 49.4 Å². The highest BCUT2D eigenvalue weighted by Crippen LogP contribution is 2.30. The Morgan fingerprint density at radius 2 is 2.25 bits per heavy atom. The standard InChI is InChI=1S/C7H10O/c1-6(5-8)7-3-2-4-7/h5,7H,1-4H2. The fraction of sp³-hybridized carbons (Fsp3) is 0.571. The number of rotatable bonds is 2. The minimum Gasteiger partial charge on any atom is -0.298 e. The first-order valence-electron chi connectivity index (χ1n) is 2.98. The third-order valence-electron chi connectivity index (χ3n) is 1.78. The van der Waals surface area contributed by atoms with Crippen LogP contribution in [-0.4, -0.2) is 6.29 Å². The highest BCUT2D eigenvalue weighted by atomic mass is 16.1. The van der Waals surface area contributed by atoms with Crippen molar-refractivity contribution in [3.8, 4) is 0 Å². The topological polar surface area (TPSA) is 17.1 Å². The molecule has 0 amide bonds. The Balaban J connectivity index is 2.34. The molecule has 0 bridgehead atoms. The van der Waals surface area contributed by atoms with Gasteiger partial charge in [-0.05, 0) is 24.3 Å². The molecule has 0 heterocycles. The van der Waals surface area contributed by atoms with Gasteiger partial charge in [-0.15, -0.1) is 0 Å². The summed E-state index contributed by atoms with van der Waals surface area (Å²) >= 11 is 0. The molecule has 1 nitrogen and oxygen atoms in total. The molecule has 8 heavy (non-hydrogen) atoms. The monoisotopic (exact) mass is 110 g/mol. The van der Waals surface area contributed by atoms with Crippen LogP contribution in [0, 0.1) is 5.92 Å². The zero-order valence-electron chi connectivity index (χ0n) is 4.89. The number of allylic oxidation sites excluding steroid dienone is 1. The predicted octanol–water partition coefficient (Wildman–Crippen LogP) is 1.54. The van der Waals surface area contributed by atoms with Crippen molar-refractivity contribution in [1.82, 2.24) is 0 Å². The molecule has 0 aromatic rings. The van der Waals surface area contributed by atoms with Crippen molar-refractivity contribution in [2.45, 2.75) is 19.3 Å². The van der Waals surface area contributed by atoms with Crippen LogP contribution < -0.4 is 0 Å². The smallest absolute Gasteiger partial charge is 0.145 e. The van der Waals surface area contributed by atoms with E-state index in [0.717, 1.165) is 11.9 Å². The van der Waals surface area contributed by atoms with E-state index in [1.807, 2.05) is 0 Å². The third kappa shape index (κ3) is 0.808. The SMILES string of the molecule is C=C(C=O)C1CCC1. The van der Waals surface area contributed by atoms with E-state index in [9.17, 15) is 4.79 Å². The number of carbonyl (C=O) groups excluding carboxylic acids is 1. The van der Waals surface area contributed by atoms with Gasteiger partial charge in [-0.3, -0.25) is 4.79 Å². The summed E-state index contributed by atoms with van der Waals surface area (Å²) in [5.74, 6) is 0.535. The maximum Gasteiger partial charge on any atom is 0.145 e. The largest absolute Gasteiger partial charge is 0.298 e. The summed E-state index contributed by atoms with van der Waals surface area (Å²) in [4.78, 5) is 10.0. The lowest BCUT2D eigenvalue weighted by Crippen LogP contribution is -2.13. The zero-order chi connectivity index (χ0) is 5.98. The minimum absolute atomic E-state index is 0.535. The van der Waals surface area contributed by atoms with Crippen LogP contribution in [0.3, 0.4) is 0 Å². The molecule has 1 fully saturated rings. The molecule has 1 aliphatic carbocycles. The van der Waals surface area contributed by atoms with Crippen molar-refractivity contribution >= 4 is 6.29 Å². The van der Waals surface area contributed by atoms with Crippen LogP contribution in [0.2, 0.25) is 0 Å². The molecule has 0 unspecified atom stereocenters. The van der Waals surface area contributed by atoms with Crippen molar-refractivity contribution in [1.29, 1.82) is 0 Å². The molecule has 0 aromatic carbocycles. The minimum atomic E-state index is 0.535. The van der Waals surface area contributed by atoms with E-state index in [1.165, 1.54) is 19.3 Å². The maximum absolute atomic E-state index is 10.0. The molecule has 1 saturated carbocycles. The lowest BCUT2D eigenvalue weighted by atomic mass is 9.81. The molecular formula is C7H10O. The Morgan fingerprint density at radius 3 is 2.38 bits per heavy atom. The van der Waals surface area contributed by atoms with E-state index in [0.29, 0.717) is 5.92 Å². The van der Waals surface area contributed by atoms with Crippen molar-refractivity contribution in [2.24, 2.45) is 5.92 Å². The van der Waals surface area contributed by atoms with E-state index in [-0.39, 0.29) is 0 Å². The molecular weight excluding hydrogens is 100 g/mol. The van der Waals surface area contributed by atoms with Gasteiger partial charge in [0.1, 0.15) is 6.29 Å². The van der Waals surface area contributed by atoms with Crippen molar-refractivity contribution in [2.75, 3.05) is 0 Å². The van der Waals surface area contributed by atoms with Crippen LogP contribution in [0.1, 0.15) is 19.3 Å². The van der Waals surface area contributed by atoms with Crippen molar-refractivity contribution in [3.05, 3.63) is 12.2 Å². The second-order valence-corrected chi connectivity index (χ2v) is 2.32. The predicted molar refractivity (Wildman–Crippen MR) is 32.5 cm³/mol. The lowest BCUT2D eigenvalue weighted by Gasteiger charge is -2.24. The molecule has 0 radical (unpaired) electrons. The summed E-state index contributed by atoms with van der Waals surface area (Å²) in [6, 6.07) is 0. The maximum atomic E-state index is 10.0. The second-order valence-electron chi connectivity index (χ2n) is 2.32. The van der Waals surface area contributed by atoms with Crippen LogP contribution in [0.4, 0.5) is 0 Å². The Bertz CT molecular complexity index is 112. The molecule has 0 aromatic heterocycles. The average Bonchev–Trinajstić information content (AvgIpc) is 1.62. The Kier molecular flexibility index (Phi) is 1.47. The van der Waals surface area contributed by atoms with Gasteiger partial charge in [0, 0.05) is 0 Å².